The predicted octanol–water partition coefficient (Wildman–Crippen LogP) is -0.658. The number of nitrogens with zero attached hydrogens (tertiary/aromatic N) is 1. The molecular weight excluding hydrogens is 196 g/mol. The van der Waals surface area contributed by atoms with E-state index in [2.05, 4.69) is 10.3 Å². The SMILES string of the molecule is O=C([O-])CCCNC(=O)c1cccnc1. The van der Waals surface area contributed by atoms with Crippen molar-refractivity contribution in [2.24, 2.45) is 0 Å². The van der Waals surface area contributed by atoms with Gasteiger partial charge in [0.15, 0.2) is 0 Å². The van der Waals surface area contributed by atoms with Gasteiger partial charge in [0.2, 0.25) is 0 Å². The van der Waals surface area contributed by atoms with Crippen LogP contribution in [-0.2, 0) is 4.79 Å². The molecule has 5 heteroatoms. The Bertz CT molecular complexity index is 338. The monoisotopic (exact) mass is 207 g/mol. The van der Waals surface area contributed by atoms with Gasteiger partial charge in [-0.15, -0.1) is 0 Å². The van der Waals surface area contributed by atoms with E-state index in [0.717, 1.165) is 0 Å². The molecule has 5 nitrogen and oxygen atoms in total. The molecule has 1 aromatic heterocycles. The van der Waals surface area contributed by atoms with Gasteiger partial charge in [-0.3, -0.25) is 9.78 Å². The summed E-state index contributed by atoms with van der Waals surface area (Å²) in [7, 11) is 0. The maximum absolute atomic E-state index is 11.4. The average molecular weight is 207 g/mol. The highest BCUT2D eigenvalue weighted by molar-refractivity contribution is 5.93. The molecule has 1 amide bonds. The van der Waals surface area contributed by atoms with Crippen molar-refractivity contribution in [1.29, 1.82) is 0 Å². The van der Waals surface area contributed by atoms with E-state index in [1.807, 2.05) is 0 Å². The van der Waals surface area contributed by atoms with Crippen LogP contribution in [0.1, 0.15) is 23.2 Å². The summed E-state index contributed by atoms with van der Waals surface area (Å²) in [6.07, 6.45) is 3.35. The van der Waals surface area contributed by atoms with Crippen LogP contribution in [0.25, 0.3) is 0 Å². The lowest BCUT2D eigenvalue weighted by Crippen LogP contribution is -2.27. The number of rotatable bonds is 5. The van der Waals surface area contributed by atoms with Crippen molar-refractivity contribution in [3.8, 4) is 0 Å². The molecule has 0 bridgehead atoms. The second-order valence-electron chi connectivity index (χ2n) is 2.97. The molecule has 1 aromatic rings. The van der Waals surface area contributed by atoms with E-state index in [0.29, 0.717) is 18.5 Å². The molecule has 1 N–H and O–H groups in total. The number of carboxylic acid groups (broad SMARTS) is 1. The smallest absolute Gasteiger partial charge is 0.252 e. The molecule has 0 unspecified atom stereocenters. The van der Waals surface area contributed by atoms with Gasteiger partial charge in [-0.25, -0.2) is 0 Å². The van der Waals surface area contributed by atoms with Crippen LogP contribution in [0, 0.1) is 0 Å². The first-order valence-corrected chi connectivity index (χ1v) is 4.58. The van der Waals surface area contributed by atoms with Gasteiger partial charge in [0.25, 0.3) is 5.91 Å². The highest BCUT2D eigenvalue weighted by Crippen LogP contribution is 1.95. The second kappa shape index (κ2) is 5.74. The molecule has 15 heavy (non-hydrogen) atoms. The first-order valence-electron chi connectivity index (χ1n) is 4.58. The fourth-order valence-corrected chi connectivity index (χ4v) is 1.03. The van der Waals surface area contributed by atoms with E-state index in [9.17, 15) is 14.7 Å². The predicted molar refractivity (Wildman–Crippen MR) is 50.8 cm³/mol. The van der Waals surface area contributed by atoms with Crippen LogP contribution in [0.4, 0.5) is 0 Å². The average Bonchev–Trinajstić information content (AvgIpc) is 2.25. The minimum Gasteiger partial charge on any atom is -0.550 e. The third kappa shape index (κ3) is 4.21. The molecule has 0 saturated carbocycles. The number of hydrogen-bond acceptors (Lipinski definition) is 4. The molecule has 0 aliphatic rings. The van der Waals surface area contributed by atoms with Crippen LogP contribution in [0.2, 0.25) is 0 Å². The van der Waals surface area contributed by atoms with Gasteiger partial charge in [-0.1, -0.05) is 0 Å². The van der Waals surface area contributed by atoms with E-state index >= 15 is 0 Å². The number of carboxylic acids is 1. The van der Waals surface area contributed by atoms with Crippen LogP contribution in [0.15, 0.2) is 24.5 Å². The Balaban J connectivity index is 2.28. The van der Waals surface area contributed by atoms with Crippen LogP contribution in [-0.4, -0.2) is 23.4 Å². The van der Waals surface area contributed by atoms with Gasteiger partial charge in [0, 0.05) is 24.9 Å². The minimum atomic E-state index is -1.11. The van der Waals surface area contributed by atoms with Crippen LogP contribution < -0.4 is 10.4 Å². The third-order valence-electron chi connectivity index (χ3n) is 1.77. The molecule has 0 fully saturated rings. The Morgan fingerprint density at radius 1 is 1.47 bits per heavy atom. The highest BCUT2D eigenvalue weighted by atomic mass is 16.4. The second-order valence-corrected chi connectivity index (χ2v) is 2.97. The fraction of sp³-hybridized carbons (Fsp3) is 0.300. The number of nitrogens with one attached hydrogen (secondary N) is 1. The lowest BCUT2D eigenvalue weighted by molar-refractivity contribution is -0.305. The zero-order chi connectivity index (χ0) is 11.1. The van der Waals surface area contributed by atoms with Crippen molar-refractivity contribution < 1.29 is 14.7 Å². The van der Waals surface area contributed by atoms with Gasteiger partial charge in [-0.2, -0.15) is 0 Å². The summed E-state index contributed by atoms with van der Waals surface area (Å²) >= 11 is 0. The van der Waals surface area contributed by atoms with Crippen LogP contribution >= 0.6 is 0 Å². The van der Waals surface area contributed by atoms with E-state index < -0.39 is 5.97 Å². The van der Waals surface area contributed by atoms with Crippen LogP contribution in [0.3, 0.4) is 0 Å². The topological polar surface area (TPSA) is 82.1 Å². The van der Waals surface area contributed by atoms with E-state index in [1.54, 1.807) is 18.3 Å². The van der Waals surface area contributed by atoms with Crippen molar-refractivity contribution >= 4 is 11.9 Å². The van der Waals surface area contributed by atoms with Crippen molar-refractivity contribution in [3.63, 3.8) is 0 Å². The first-order chi connectivity index (χ1) is 7.20. The number of carbonyl (C=O) groups excluding carboxylic acids is 2. The lowest BCUT2D eigenvalue weighted by Gasteiger charge is -2.04. The maximum Gasteiger partial charge on any atom is 0.252 e. The molecule has 1 rings (SSSR count). The Labute approximate surface area is 87.1 Å². The standard InChI is InChI=1S/C10H12N2O3/c13-9(14)4-2-6-12-10(15)8-3-1-5-11-7-8/h1,3,5,7H,2,4,6H2,(H,12,15)(H,13,14)/p-1. The third-order valence-corrected chi connectivity index (χ3v) is 1.77. The van der Waals surface area contributed by atoms with Gasteiger partial charge < -0.3 is 15.2 Å². The normalized spacial score (nSPS) is 9.60. The number of carbonyl (C=O) groups is 2. The zero-order valence-electron chi connectivity index (χ0n) is 8.10. The fourth-order valence-electron chi connectivity index (χ4n) is 1.03. The number of amides is 1. The summed E-state index contributed by atoms with van der Waals surface area (Å²) in [4.78, 5) is 25.3. The van der Waals surface area contributed by atoms with E-state index in [4.69, 9.17) is 0 Å². The minimum absolute atomic E-state index is 0.0483. The molecule has 0 aliphatic carbocycles. The summed E-state index contributed by atoms with van der Waals surface area (Å²) in [5.74, 6) is -1.35. The highest BCUT2D eigenvalue weighted by Gasteiger charge is 2.02. The van der Waals surface area contributed by atoms with Gasteiger partial charge in [-0.05, 0) is 25.0 Å². The molecular formula is C10H11N2O3-. The van der Waals surface area contributed by atoms with Crippen molar-refractivity contribution in [3.05, 3.63) is 30.1 Å². The molecule has 0 aliphatic heterocycles. The van der Waals surface area contributed by atoms with E-state index in [1.165, 1.54) is 6.20 Å². The van der Waals surface area contributed by atoms with Gasteiger partial charge >= 0.3 is 0 Å². The molecule has 0 atom stereocenters. The molecule has 0 spiro atoms. The summed E-state index contributed by atoms with van der Waals surface area (Å²) < 4.78 is 0. The summed E-state index contributed by atoms with van der Waals surface area (Å²) in [6, 6.07) is 3.30. The van der Waals surface area contributed by atoms with Crippen molar-refractivity contribution in [2.45, 2.75) is 12.8 Å². The molecule has 0 radical (unpaired) electrons. The Hall–Kier alpha value is -1.91. The maximum atomic E-state index is 11.4. The van der Waals surface area contributed by atoms with Gasteiger partial charge in [0.05, 0.1) is 5.56 Å². The number of aliphatic carboxylic acids is 1. The quantitative estimate of drug-likeness (QED) is 0.650. The first kappa shape index (κ1) is 11.2. The molecule has 80 valence electrons. The molecule has 0 aromatic carbocycles. The summed E-state index contributed by atoms with van der Waals surface area (Å²) in [5, 5.41) is 12.7. The molecule has 1 heterocycles. The zero-order valence-corrected chi connectivity index (χ0v) is 8.10. The van der Waals surface area contributed by atoms with Gasteiger partial charge in [0.1, 0.15) is 0 Å². The van der Waals surface area contributed by atoms with Crippen molar-refractivity contribution in [1.82, 2.24) is 10.3 Å². The Morgan fingerprint density at radius 3 is 2.87 bits per heavy atom. The lowest BCUT2D eigenvalue weighted by atomic mass is 10.2. The largest absolute Gasteiger partial charge is 0.550 e. The number of pyridine rings is 1. The summed E-state index contributed by atoms with van der Waals surface area (Å²) in [6.45, 7) is 0.321. The Kier molecular flexibility index (Phi) is 4.28. The van der Waals surface area contributed by atoms with E-state index in [-0.39, 0.29) is 12.3 Å². The summed E-state index contributed by atoms with van der Waals surface area (Å²) in [5.41, 5.74) is 0.464. The van der Waals surface area contributed by atoms with Crippen molar-refractivity contribution in [2.75, 3.05) is 6.54 Å². The molecule has 0 saturated heterocycles. The Morgan fingerprint density at radius 2 is 2.27 bits per heavy atom. The number of aromatic nitrogens is 1. The number of hydrogen-bond donors (Lipinski definition) is 1. The van der Waals surface area contributed by atoms with Crippen LogP contribution in [0.5, 0.6) is 0 Å².